The summed E-state index contributed by atoms with van der Waals surface area (Å²) in [6.07, 6.45) is 0.682. The lowest BCUT2D eigenvalue weighted by Crippen LogP contribution is -2.24. The molecular weight excluding hydrogens is 298 g/mol. The van der Waals surface area contributed by atoms with E-state index in [-0.39, 0.29) is 11.5 Å². The van der Waals surface area contributed by atoms with Gasteiger partial charge in [0.1, 0.15) is 17.0 Å². The summed E-state index contributed by atoms with van der Waals surface area (Å²) in [5.74, 6) is 0.394. The largest absolute Gasteiger partial charge is 0.486 e. The van der Waals surface area contributed by atoms with Gasteiger partial charge in [-0.2, -0.15) is 0 Å². The fourth-order valence-corrected chi connectivity index (χ4v) is 2.62. The molecule has 0 saturated heterocycles. The van der Waals surface area contributed by atoms with Crippen LogP contribution in [0, 0.1) is 0 Å². The first kappa shape index (κ1) is 16.5. The number of hydrogen-bond acceptors (Lipinski definition) is 5. The summed E-state index contributed by atoms with van der Waals surface area (Å²) in [7, 11) is 0. The second-order valence-corrected chi connectivity index (χ2v) is 6.77. The fourth-order valence-electron chi connectivity index (χ4n) is 1.83. The van der Waals surface area contributed by atoms with Gasteiger partial charge in [0.25, 0.3) is 5.91 Å². The molecule has 0 saturated carbocycles. The van der Waals surface area contributed by atoms with Gasteiger partial charge in [-0.15, -0.1) is 11.3 Å². The van der Waals surface area contributed by atoms with Gasteiger partial charge in [0, 0.05) is 11.8 Å². The first-order valence-electron chi connectivity index (χ1n) is 7.13. The van der Waals surface area contributed by atoms with E-state index in [0.29, 0.717) is 30.1 Å². The van der Waals surface area contributed by atoms with E-state index in [1.54, 1.807) is 5.38 Å². The molecule has 3 N–H and O–H groups in total. The molecule has 0 aliphatic heterocycles. The van der Waals surface area contributed by atoms with E-state index in [4.69, 9.17) is 10.5 Å². The van der Waals surface area contributed by atoms with Crippen LogP contribution in [0.2, 0.25) is 0 Å². The van der Waals surface area contributed by atoms with E-state index in [0.717, 1.165) is 5.01 Å². The van der Waals surface area contributed by atoms with Crippen LogP contribution in [-0.4, -0.2) is 23.0 Å². The number of anilines is 1. The standard InChI is InChI=1S/C16H21N3O2S/c1-16(2,3)21-13-7-5-4-6-11(13)19-15(20)12-10-22-14(18-12)8-9-17/h4-7,10H,8-9,17H2,1-3H3,(H,19,20). The fraction of sp³-hybridized carbons (Fsp3) is 0.375. The van der Waals surface area contributed by atoms with Crippen molar-refractivity contribution in [1.29, 1.82) is 0 Å². The molecule has 0 radical (unpaired) electrons. The third-order valence-corrected chi connectivity index (χ3v) is 3.60. The second kappa shape index (κ2) is 6.89. The normalized spacial score (nSPS) is 11.3. The minimum absolute atomic E-state index is 0.246. The zero-order chi connectivity index (χ0) is 16.2. The molecule has 0 unspecified atom stereocenters. The minimum Gasteiger partial charge on any atom is -0.486 e. The summed E-state index contributed by atoms with van der Waals surface area (Å²) in [6.45, 7) is 6.41. The molecule has 1 amide bonds. The van der Waals surface area contributed by atoms with Crippen LogP contribution in [0.15, 0.2) is 29.6 Å². The van der Waals surface area contributed by atoms with Crippen LogP contribution in [0.1, 0.15) is 36.3 Å². The number of carbonyl (C=O) groups is 1. The highest BCUT2D eigenvalue weighted by Gasteiger charge is 2.17. The smallest absolute Gasteiger partial charge is 0.275 e. The van der Waals surface area contributed by atoms with Gasteiger partial charge in [-0.25, -0.2) is 4.98 Å². The molecule has 1 heterocycles. The summed E-state index contributed by atoms with van der Waals surface area (Å²) in [6, 6.07) is 7.37. The first-order chi connectivity index (χ1) is 10.4. The van der Waals surface area contributed by atoms with E-state index in [1.807, 2.05) is 45.0 Å². The van der Waals surface area contributed by atoms with Gasteiger partial charge in [0.2, 0.25) is 0 Å². The Morgan fingerprint density at radius 1 is 1.36 bits per heavy atom. The number of rotatable bonds is 5. The lowest BCUT2D eigenvalue weighted by Gasteiger charge is -2.23. The number of aromatic nitrogens is 1. The van der Waals surface area contributed by atoms with E-state index in [1.165, 1.54) is 11.3 Å². The molecule has 2 rings (SSSR count). The van der Waals surface area contributed by atoms with Gasteiger partial charge in [0.05, 0.1) is 10.7 Å². The Morgan fingerprint density at radius 2 is 2.09 bits per heavy atom. The molecule has 1 aromatic carbocycles. The summed E-state index contributed by atoms with van der Waals surface area (Å²) in [5.41, 5.74) is 6.20. The molecule has 0 atom stereocenters. The summed E-state index contributed by atoms with van der Waals surface area (Å²) < 4.78 is 5.86. The monoisotopic (exact) mass is 319 g/mol. The van der Waals surface area contributed by atoms with Crippen molar-refractivity contribution in [3.63, 3.8) is 0 Å². The average Bonchev–Trinajstić information content (AvgIpc) is 2.88. The van der Waals surface area contributed by atoms with Crippen molar-refractivity contribution < 1.29 is 9.53 Å². The molecule has 1 aromatic heterocycles. The van der Waals surface area contributed by atoms with Crippen LogP contribution >= 0.6 is 11.3 Å². The van der Waals surface area contributed by atoms with Gasteiger partial charge in [-0.1, -0.05) is 12.1 Å². The maximum Gasteiger partial charge on any atom is 0.275 e. The Labute approximate surface area is 134 Å². The van der Waals surface area contributed by atoms with Crippen molar-refractivity contribution in [3.05, 3.63) is 40.3 Å². The van der Waals surface area contributed by atoms with Gasteiger partial charge >= 0.3 is 0 Å². The van der Waals surface area contributed by atoms with Crippen LogP contribution < -0.4 is 15.8 Å². The molecule has 118 valence electrons. The SMILES string of the molecule is CC(C)(C)Oc1ccccc1NC(=O)c1csc(CCN)n1. The lowest BCUT2D eigenvalue weighted by atomic mass is 10.2. The van der Waals surface area contributed by atoms with Gasteiger partial charge in [0.15, 0.2) is 0 Å². The van der Waals surface area contributed by atoms with Crippen LogP contribution in [0.25, 0.3) is 0 Å². The Bertz CT molecular complexity index is 647. The van der Waals surface area contributed by atoms with Crippen molar-refractivity contribution in [2.45, 2.75) is 32.8 Å². The van der Waals surface area contributed by atoms with Crippen molar-refractivity contribution in [2.24, 2.45) is 5.73 Å². The number of thiazole rings is 1. The van der Waals surface area contributed by atoms with Crippen molar-refractivity contribution >= 4 is 22.9 Å². The van der Waals surface area contributed by atoms with E-state index < -0.39 is 0 Å². The number of hydrogen-bond donors (Lipinski definition) is 2. The minimum atomic E-state index is -0.338. The Morgan fingerprint density at radius 3 is 2.77 bits per heavy atom. The number of para-hydroxylation sites is 2. The molecule has 22 heavy (non-hydrogen) atoms. The second-order valence-electron chi connectivity index (χ2n) is 5.83. The Kier molecular flexibility index (Phi) is 5.15. The number of amides is 1. The molecule has 0 aliphatic rings. The van der Waals surface area contributed by atoms with E-state index in [2.05, 4.69) is 10.3 Å². The maximum atomic E-state index is 12.3. The number of nitrogens with one attached hydrogen (secondary N) is 1. The van der Waals surface area contributed by atoms with Crippen molar-refractivity contribution in [2.75, 3.05) is 11.9 Å². The molecule has 6 heteroatoms. The van der Waals surface area contributed by atoms with Gasteiger partial charge < -0.3 is 15.8 Å². The Hall–Kier alpha value is -1.92. The third kappa shape index (κ3) is 4.54. The molecule has 0 spiro atoms. The average molecular weight is 319 g/mol. The first-order valence-corrected chi connectivity index (χ1v) is 8.01. The number of ether oxygens (including phenoxy) is 1. The lowest BCUT2D eigenvalue weighted by molar-refractivity contribution is 0.101. The van der Waals surface area contributed by atoms with Crippen LogP contribution in [0.4, 0.5) is 5.69 Å². The zero-order valence-electron chi connectivity index (χ0n) is 13.1. The van der Waals surface area contributed by atoms with Crippen molar-refractivity contribution in [1.82, 2.24) is 4.98 Å². The topological polar surface area (TPSA) is 77.2 Å². The quantitative estimate of drug-likeness (QED) is 0.888. The molecular formula is C16H21N3O2S. The van der Waals surface area contributed by atoms with Crippen molar-refractivity contribution in [3.8, 4) is 5.75 Å². The highest BCUT2D eigenvalue weighted by Crippen LogP contribution is 2.28. The molecule has 0 aliphatic carbocycles. The van der Waals surface area contributed by atoms with Gasteiger partial charge in [-0.05, 0) is 39.4 Å². The summed E-state index contributed by atoms with van der Waals surface area (Å²) in [5, 5.41) is 5.46. The highest BCUT2D eigenvalue weighted by atomic mass is 32.1. The third-order valence-electron chi connectivity index (χ3n) is 2.69. The summed E-state index contributed by atoms with van der Waals surface area (Å²) in [4.78, 5) is 16.6. The zero-order valence-corrected chi connectivity index (χ0v) is 13.9. The predicted octanol–water partition coefficient (Wildman–Crippen LogP) is 3.07. The number of benzene rings is 1. The molecule has 2 aromatic rings. The molecule has 0 bridgehead atoms. The van der Waals surface area contributed by atoms with Crippen LogP contribution in [0.3, 0.4) is 0 Å². The predicted molar refractivity (Wildman–Crippen MR) is 89.6 cm³/mol. The van der Waals surface area contributed by atoms with E-state index in [9.17, 15) is 4.79 Å². The Balaban J connectivity index is 2.14. The number of nitrogens with two attached hydrogens (primary N) is 1. The number of carbonyl (C=O) groups excluding carboxylic acids is 1. The van der Waals surface area contributed by atoms with Crippen LogP contribution in [0.5, 0.6) is 5.75 Å². The highest BCUT2D eigenvalue weighted by molar-refractivity contribution is 7.09. The maximum absolute atomic E-state index is 12.3. The number of nitrogens with zero attached hydrogens (tertiary/aromatic N) is 1. The molecule has 5 nitrogen and oxygen atoms in total. The van der Waals surface area contributed by atoms with E-state index >= 15 is 0 Å². The molecule has 0 fully saturated rings. The van der Waals surface area contributed by atoms with Gasteiger partial charge in [-0.3, -0.25) is 4.79 Å². The van der Waals surface area contributed by atoms with Crippen LogP contribution in [-0.2, 0) is 6.42 Å². The summed E-state index contributed by atoms with van der Waals surface area (Å²) >= 11 is 1.44.